The summed E-state index contributed by atoms with van der Waals surface area (Å²) in [6.45, 7) is 2.45. The second-order valence-corrected chi connectivity index (χ2v) is 4.24. The summed E-state index contributed by atoms with van der Waals surface area (Å²) in [5, 5.41) is 8.85. The molecule has 0 fully saturated rings. The minimum Gasteiger partial charge on any atom is -0.288 e. The fourth-order valence-corrected chi connectivity index (χ4v) is 1.54. The molecule has 0 unspecified atom stereocenters. The summed E-state index contributed by atoms with van der Waals surface area (Å²) in [6, 6.07) is 4.85. The Bertz CT molecular complexity index is 435. The van der Waals surface area contributed by atoms with Gasteiger partial charge in [0.05, 0.1) is 6.54 Å². The Morgan fingerprint density at radius 2 is 2.11 bits per heavy atom. The van der Waals surface area contributed by atoms with E-state index in [1.807, 2.05) is 6.07 Å². The van der Waals surface area contributed by atoms with Crippen LogP contribution >= 0.6 is 0 Å². The van der Waals surface area contributed by atoms with E-state index in [0.29, 0.717) is 5.56 Å². The highest BCUT2D eigenvalue weighted by Gasteiger charge is 2.32. The van der Waals surface area contributed by atoms with Crippen LogP contribution in [-0.4, -0.2) is 28.6 Å². The van der Waals surface area contributed by atoms with Crippen molar-refractivity contribution >= 4 is 0 Å². The zero-order valence-corrected chi connectivity index (χ0v) is 10.2. The van der Waals surface area contributed by atoms with E-state index in [9.17, 15) is 13.2 Å². The van der Waals surface area contributed by atoms with Gasteiger partial charge >= 0.3 is 6.18 Å². The van der Waals surface area contributed by atoms with Crippen LogP contribution in [-0.2, 0) is 6.54 Å². The van der Waals surface area contributed by atoms with Gasteiger partial charge in [0.15, 0.2) is 0 Å². The van der Waals surface area contributed by atoms with E-state index in [2.05, 4.69) is 4.98 Å². The van der Waals surface area contributed by atoms with Gasteiger partial charge < -0.3 is 0 Å². The molecule has 1 rings (SSSR count). The van der Waals surface area contributed by atoms with E-state index in [0.717, 1.165) is 0 Å². The summed E-state index contributed by atoms with van der Waals surface area (Å²) >= 11 is 0. The van der Waals surface area contributed by atoms with Gasteiger partial charge in [0.25, 0.3) is 0 Å². The zero-order chi connectivity index (χ0) is 13.8. The third kappa shape index (κ3) is 4.34. The van der Waals surface area contributed by atoms with Gasteiger partial charge in [-0.1, -0.05) is 6.07 Å². The first-order chi connectivity index (χ1) is 8.33. The second-order valence-electron chi connectivity index (χ2n) is 4.24. The van der Waals surface area contributed by atoms with E-state index in [4.69, 9.17) is 5.26 Å². The molecule has 3 nitrogen and oxygen atoms in total. The quantitative estimate of drug-likeness (QED) is 0.832. The largest absolute Gasteiger partial charge is 0.401 e. The Balaban J connectivity index is 2.88. The van der Waals surface area contributed by atoms with Crippen LogP contribution in [0.4, 0.5) is 13.2 Å². The van der Waals surface area contributed by atoms with Gasteiger partial charge in [0, 0.05) is 24.3 Å². The molecule has 98 valence electrons. The Morgan fingerprint density at radius 3 is 2.61 bits per heavy atom. The fourth-order valence-electron chi connectivity index (χ4n) is 1.54. The smallest absolute Gasteiger partial charge is 0.288 e. The molecule has 0 amide bonds. The van der Waals surface area contributed by atoms with Crippen molar-refractivity contribution in [1.82, 2.24) is 9.88 Å². The minimum atomic E-state index is -4.25. The van der Waals surface area contributed by atoms with Crippen LogP contribution in [0.15, 0.2) is 18.3 Å². The highest BCUT2D eigenvalue weighted by atomic mass is 19.4. The molecule has 0 spiro atoms. The maximum Gasteiger partial charge on any atom is 0.401 e. The van der Waals surface area contributed by atoms with Crippen molar-refractivity contribution in [2.24, 2.45) is 0 Å². The molecule has 0 aromatic carbocycles. The molecular formula is C12H14F3N3. The minimum absolute atomic E-state index is 0.0634. The molecule has 0 saturated heterocycles. The number of nitriles is 1. The van der Waals surface area contributed by atoms with Crippen LogP contribution in [0.25, 0.3) is 0 Å². The lowest BCUT2D eigenvalue weighted by Crippen LogP contribution is -2.38. The summed E-state index contributed by atoms with van der Waals surface area (Å²) in [5.41, 5.74) is 0.684. The summed E-state index contributed by atoms with van der Waals surface area (Å²) in [6.07, 6.45) is -2.80. The van der Waals surface area contributed by atoms with Crippen molar-refractivity contribution in [3.63, 3.8) is 0 Å². The normalized spacial score (nSPS) is 11.9. The van der Waals surface area contributed by atoms with Gasteiger partial charge in [-0.15, -0.1) is 0 Å². The van der Waals surface area contributed by atoms with Gasteiger partial charge in [0.1, 0.15) is 11.8 Å². The lowest BCUT2D eigenvalue weighted by Gasteiger charge is -2.27. The molecule has 0 bridgehead atoms. The number of pyridine rings is 1. The van der Waals surface area contributed by atoms with Crippen LogP contribution in [0, 0.1) is 11.3 Å². The Hall–Kier alpha value is -1.61. The van der Waals surface area contributed by atoms with Crippen LogP contribution in [0.1, 0.15) is 25.1 Å². The Labute approximate surface area is 104 Å². The SMILES string of the molecule is CC(C)N(Cc1cccnc1C#N)CC(F)(F)F. The number of hydrogen-bond donors (Lipinski definition) is 0. The van der Waals surface area contributed by atoms with Crippen molar-refractivity contribution in [1.29, 1.82) is 5.26 Å². The number of aromatic nitrogens is 1. The molecule has 0 aliphatic heterocycles. The maximum atomic E-state index is 12.4. The van der Waals surface area contributed by atoms with Crippen molar-refractivity contribution in [3.8, 4) is 6.07 Å². The molecule has 0 N–H and O–H groups in total. The number of alkyl halides is 3. The molecule has 1 aromatic heterocycles. The number of hydrogen-bond acceptors (Lipinski definition) is 3. The monoisotopic (exact) mass is 257 g/mol. The molecule has 1 heterocycles. The fraction of sp³-hybridized carbons (Fsp3) is 0.500. The molecule has 18 heavy (non-hydrogen) atoms. The van der Waals surface area contributed by atoms with Gasteiger partial charge in [-0.05, 0) is 19.9 Å². The predicted molar refractivity (Wildman–Crippen MR) is 60.6 cm³/mol. The van der Waals surface area contributed by atoms with Crippen LogP contribution < -0.4 is 0 Å². The first-order valence-electron chi connectivity index (χ1n) is 5.48. The Kier molecular flexibility index (Phi) is 4.68. The van der Waals surface area contributed by atoms with E-state index in [-0.39, 0.29) is 18.3 Å². The highest BCUT2D eigenvalue weighted by molar-refractivity contribution is 5.30. The van der Waals surface area contributed by atoms with Crippen molar-refractivity contribution < 1.29 is 13.2 Å². The van der Waals surface area contributed by atoms with E-state index < -0.39 is 12.7 Å². The summed E-state index contributed by atoms with van der Waals surface area (Å²) < 4.78 is 37.3. The topological polar surface area (TPSA) is 39.9 Å². The van der Waals surface area contributed by atoms with E-state index in [1.54, 1.807) is 26.0 Å². The molecule has 6 heteroatoms. The molecule has 1 aromatic rings. The van der Waals surface area contributed by atoms with Crippen LogP contribution in [0.2, 0.25) is 0 Å². The molecule has 0 atom stereocenters. The standard InChI is InChI=1S/C12H14F3N3/c1-9(2)18(8-12(13,14)15)7-10-4-3-5-17-11(10)6-16/h3-5,9H,7-8H2,1-2H3. The predicted octanol–water partition coefficient (Wildman–Crippen LogP) is 2.73. The van der Waals surface area contributed by atoms with Crippen molar-refractivity contribution in [2.45, 2.75) is 32.6 Å². The zero-order valence-electron chi connectivity index (χ0n) is 10.2. The third-order valence-electron chi connectivity index (χ3n) is 2.48. The van der Waals surface area contributed by atoms with Crippen LogP contribution in [0.5, 0.6) is 0 Å². The third-order valence-corrected chi connectivity index (χ3v) is 2.48. The number of nitrogens with zero attached hydrogens (tertiary/aromatic N) is 3. The van der Waals surface area contributed by atoms with Gasteiger partial charge in [-0.2, -0.15) is 18.4 Å². The first kappa shape index (κ1) is 14.5. The van der Waals surface area contributed by atoms with Gasteiger partial charge in [-0.25, -0.2) is 4.98 Å². The van der Waals surface area contributed by atoms with Gasteiger partial charge in [-0.3, -0.25) is 4.90 Å². The molecule has 0 saturated carbocycles. The number of halogens is 3. The van der Waals surface area contributed by atoms with Gasteiger partial charge in [0.2, 0.25) is 0 Å². The van der Waals surface area contributed by atoms with Crippen molar-refractivity contribution in [2.75, 3.05) is 6.54 Å². The number of rotatable bonds is 4. The van der Waals surface area contributed by atoms with E-state index in [1.165, 1.54) is 11.1 Å². The molecule has 0 aliphatic carbocycles. The average molecular weight is 257 g/mol. The second kappa shape index (κ2) is 5.83. The summed E-state index contributed by atoms with van der Waals surface area (Å²) in [7, 11) is 0. The average Bonchev–Trinajstić information content (AvgIpc) is 2.27. The lowest BCUT2D eigenvalue weighted by atomic mass is 10.1. The first-order valence-corrected chi connectivity index (χ1v) is 5.48. The molecule has 0 aliphatic rings. The lowest BCUT2D eigenvalue weighted by molar-refractivity contribution is -0.150. The van der Waals surface area contributed by atoms with Crippen molar-refractivity contribution in [3.05, 3.63) is 29.6 Å². The highest BCUT2D eigenvalue weighted by Crippen LogP contribution is 2.20. The maximum absolute atomic E-state index is 12.4. The summed E-state index contributed by atoms with van der Waals surface area (Å²) in [4.78, 5) is 5.10. The molecule has 0 radical (unpaired) electrons. The molecular weight excluding hydrogens is 243 g/mol. The van der Waals surface area contributed by atoms with E-state index >= 15 is 0 Å². The van der Waals surface area contributed by atoms with Crippen LogP contribution in [0.3, 0.4) is 0 Å². The summed E-state index contributed by atoms with van der Waals surface area (Å²) in [5.74, 6) is 0. The Morgan fingerprint density at radius 1 is 1.44 bits per heavy atom.